The molecule has 94 valence electrons. The number of hydrogen-bond acceptors (Lipinski definition) is 2. The zero-order valence-corrected chi connectivity index (χ0v) is 10.3. The van der Waals surface area contributed by atoms with Crippen LogP contribution in [0.3, 0.4) is 0 Å². The van der Waals surface area contributed by atoms with Crippen molar-refractivity contribution in [1.29, 1.82) is 0 Å². The summed E-state index contributed by atoms with van der Waals surface area (Å²) < 4.78 is 18.6. The van der Waals surface area contributed by atoms with Gasteiger partial charge in [0.25, 0.3) is 0 Å². The zero-order chi connectivity index (χ0) is 12.3. The fourth-order valence-electron chi connectivity index (χ4n) is 2.15. The van der Waals surface area contributed by atoms with Gasteiger partial charge in [0.1, 0.15) is 5.82 Å². The maximum absolute atomic E-state index is 13.1. The van der Waals surface area contributed by atoms with Crippen LogP contribution in [-0.2, 0) is 4.74 Å². The number of aliphatic hydroxyl groups is 1. The first-order chi connectivity index (χ1) is 8.15. The second-order valence-corrected chi connectivity index (χ2v) is 4.87. The molecule has 1 fully saturated rings. The summed E-state index contributed by atoms with van der Waals surface area (Å²) in [5, 5.41) is 10.3. The first-order valence-electron chi connectivity index (χ1n) is 5.91. The number of ether oxygens (including phenoxy) is 1. The van der Waals surface area contributed by atoms with Gasteiger partial charge in [0.05, 0.1) is 12.2 Å². The molecule has 1 aromatic carbocycles. The van der Waals surface area contributed by atoms with Crippen molar-refractivity contribution in [2.75, 3.05) is 6.61 Å². The Morgan fingerprint density at radius 2 is 2.29 bits per heavy atom. The number of halogens is 2. The Bertz CT molecular complexity index is 357. The Hall–Kier alpha value is -0.640. The van der Waals surface area contributed by atoms with E-state index in [4.69, 9.17) is 16.3 Å². The summed E-state index contributed by atoms with van der Waals surface area (Å²) in [5.74, 6) is -0.413. The number of hydrogen-bond donors (Lipinski definition) is 1. The Morgan fingerprint density at radius 3 is 2.94 bits per heavy atom. The molecule has 1 heterocycles. The Balaban J connectivity index is 1.91. The van der Waals surface area contributed by atoms with E-state index in [0.29, 0.717) is 17.0 Å². The summed E-state index contributed by atoms with van der Waals surface area (Å²) in [6, 6.07) is 4.16. The third kappa shape index (κ3) is 3.66. The molecule has 2 nitrogen and oxygen atoms in total. The molecular formula is C13H16ClFO2. The van der Waals surface area contributed by atoms with Gasteiger partial charge < -0.3 is 9.84 Å². The third-order valence-corrected chi connectivity index (χ3v) is 3.27. The molecule has 2 atom stereocenters. The van der Waals surface area contributed by atoms with Crippen LogP contribution in [0.5, 0.6) is 0 Å². The summed E-state index contributed by atoms with van der Waals surface area (Å²) in [6.07, 6.45) is 3.09. The average Bonchev–Trinajstić information content (AvgIpc) is 2.77. The Kier molecular flexibility index (Phi) is 4.37. The molecule has 1 aliphatic heterocycles. The largest absolute Gasteiger partial charge is 0.388 e. The standard InChI is InChI=1S/C13H16ClFO2/c14-10-6-9(7-11(15)8-10)13(16)4-3-12-2-1-5-17-12/h6-8,12-13,16H,1-5H2. The fourth-order valence-corrected chi connectivity index (χ4v) is 2.38. The number of aliphatic hydroxyl groups excluding tert-OH is 1. The van der Waals surface area contributed by atoms with Gasteiger partial charge in [-0.15, -0.1) is 0 Å². The van der Waals surface area contributed by atoms with E-state index in [2.05, 4.69) is 0 Å². The lowest BCUT2D eigenvalue weighted by molar-refractivity contribution is 0.0811. The van der Waals surface area contributed by atoms with Gasteiger partial charge in [-0.2, -0.15) is 0 Å². The first-order valence-corrected chi connectivity index (χ1v) is 6.28. The van der Waals surface area contributed by atoms with Crippen molar-refractivity contribution >= 4 is 11.6 Å². The first kappa shape index (κ1) is 12.8. The second-order valence-electron chi connectivity index (χ2n) is 4.43. The van der Waals surface area contributed by atoms with E-state index in [1.54, 1.807) is 6.07 Å². The molecule has 0 aromatic heterocycles. The minimum atomic E-state index is -0.674. The highest BCUT2D eigenvalue weighted by atomic mass is 35.5. The van der Waals surface area contributed by atoms with E-state index in [1.165, 1.54) is 12.1 Å². The smallest absolute Gasteiger partial charge is 0.125 e. The van der Waals surface area contributed by atoms with Crippen LogP contribution >= 0.6 is 11.6 Å². The maximum atomic E-state index is 13.1. The molecule has 0 aliphatic carbocycles. The normalized spacial score (nSPS) is 21.7. The van der Waals surface area contributed by atoms with Crippen LogP contribution in [0.4, 0.5) is 4.39 Å². The molecule has 0 amide bonds. The molecule has 2 rings (SSSR count). The predicted octanol–water partition coefficient (Wildman–Crippen LogP) is 3.47. The third-order valence-electron chi connectivity index (χ3n) is 3.06. The van der Waals surface area contributed by atoms with E-state index in [0.717, 1.165) is 25.9 Å². The monoisotopic (exact) mass is 258 g/mol. The van der Waals surface area contributed by atoms with Crippen LogP contribution < -0.4 is 0 Å². The van der Waals surface area contributed by atoms with Gasteiger partial charge in [-0.25, -0.2) is 4.39 Å². The summed E-state index contributed by atoms with van der Waals surface area (Å²) in [7, 11) is 0. The van der Waals surface area contributed by atoms with Gasteiger partial charge in [-0.1, -0.05) is 11.6 Å². The minimum Gasteiger partial charge on any atom is -0.388 e. The second kappa shape index (κ2) is 5.80. The molecule has 1 N–H and O–H groups in total. The molecule has 0 saturated carbocycles. The molecule has 4 heteroatoms. The van der Waals surface area contributed by atoms with Gasteiger partial charge >= 0.3 is 0 Å². The Morgan fingerprint density at radius 1 is 1.47 bits per heavy atom. The van der Waals surface area contributed by atoms with Crippen molar-refractivity contribution in [2.24, 2.45) is 0 Å². The van der Waals surface area contributed by atoms with E-state index in [-0.39, 0.29) is 6.10 Å². The van der Waals surface area contributed by atoms with Gasteiger partial charge in [0, 0.05) is 11.6 Å². The topological polar surface area (TPSA) is 29.5 Å². The lowest BCUT2D eigenvalue weighted by atomic mass is 10.0. The summed E-state index contributed by atoms with van der Waals surface area (Å²) in [6.45, 7) is 0.812. The fraction of sp³-hybridized carbons (Fsp3) is 0.538. The van der Waals surface area contributed by atoms with Crippen LogP contribution in [-0.4, -0.2) is 17.8 Å². The van der Waals surface area contributed by atoms with Crippen LogP contribution in [0.15, 0.2) is 18.2 Å². The quantitative estimate of drug-likeness (QED) is 0.896. The minimum absolute atomic E-state index is 0.244. The van der Waals surface area contributed by atoms with Crippen molar-refractivity contribution in [2.45, 2.75) is 37.9 Å². The van der Waals surface area contributed by atoms with Crippen LogP contribution in [0.2, 0.25) is 5.02 Å². The van der Waals surface area contributed by atoms with Crippen molar-refractivity contribution < 1.29 is 14.2 Å². The molecule has 0 radical (unpaired) electrons. The Labute approximate surface area is 105 Å². The van der Waals surface area contributed by atoms with Crippen molar-refractivity contribution in [3.63, 3.8) is 0 Å². The van der Waals surface area contributed by atoms with Gasteiger partial charge in [-0.3, -0.25) is 0 Å². The van der Waals surface area contributed by atoms with E-state index in [1.807, 2.05) is 0 Å². The molecule has 2 unspecified atom stereocenters. The van der Waals surface area contributed by atoms with Crippen molar-refractivity contribution in [3.05, 3.63) is 34.6 Å². The lowest BCUT2D eigenvalue weighted by Crippen LogP contribution is -2.08. The highest BCUT2D eigenvalue weighted by Gasteiger charge is 2.18. The van der Waals surface area contributed by atoms with Gasteiger partial charge in [-0.05, 0) is 49.4 Å². The molecule has 1 aromatic rings. The number of rotatable bonds is 4. The number of benzene rings is 1. The molecule has 0 bridgehead atoms. The van der Waals surface area contributed by atoms with Gasteiger partial charge in [0.2, 0.25) is 0 Å². The highest BCUT2D eigenvalue weighted by molar-refractivity contribution is 6.30. The average molecular weight is 259 g/mol. The zero-order valence-electron chi connectivity index (χ0n) is 9.53. The van der Waals surface area contributed by atoms with Crippen LogP contribution in [0.25, 0.3) is 0 Å². The molecule has 1 aliphatic rings. The lowest BCUT2D eigenvalue weighted by Gasteiger charge is -2.14. The van der Waals surface area contributed by atoms with Crippen LogP contribution in [0.1, 0.15) is 37.4 Å². The summed E-state index contributed by atoms with van der Waals surface area (Å²) >= 11 is 5.75. The molecule has 0 spiro atoms. The maximum Gasteiger partial charge on any atom is 0.125 e. The summed E-state index contributed by atoms with van der Waals surface area (Å²) in [5.41, 5.74) is 0.535. The molecule has 17 heavy (non-hydrogen) atoms. The SMILES string of the molecule is OC(CCC1CCCO1)c1cc(F)cc(Cl)c1. The summed E-state index contributed by atoms with van der Waals surface area (Å²) in [4.78, 5) is 0. The highest BCUT2D eigenvalue weighted by Crippen LogP contribution is 2.26. The van der Waals surface area contributed by atoms with Crippen molar-refractivity contribution in [3.8, 4) is 0 Å². The van der Waals surface area contributed by atoms with Crippen molar-refractivity contribution in [1.82, 2.24) is 0 Å². The van der Waals surface area contributed by atoms with Crippen LogP contribution in [0, 0.1) is 5.82 Å². The molecular weight excluding hydrogens is 243 g/mol. The predicted molar refractivity (Wildman–Crippen MR) is 64.6 cm³/mol. The molecule has 1 saturated heterocycles. The van der Waals surface area contributed by atoms with E-state index >= 15 is 0 Å². The van der Waals surface area contributed by atoms with E-state index < -0.39 is 11.9 Å². The van der Waals surface area contributed by atoms with Gasteiger partial charge in [0.15, 0.2) is 0 Å². The van der Waals surface area contributed by atoms with E-state index in [9.17, 15) is 9.50 Å².